The first-order chi connectivity index (χ1) is 7.60. The molecule has 5 nitrogen and oxygen atoms in total. The van der Waals surface area contributed by atoms with E-state index in [2.05, 4.69) is 43.2 Å². The van der Waals surface area contributed by atoms with Gasteiger partial charge in [-0.15, -0.1) is 0 Å². The molecule has 2 unspecified atom stereocenters. The highest BCUT2D eigenvalue weighted by molar-refractivity contribution is 5.25. The molecular weight excluding hydrogens is 204 g/mol. The van der Waals surface area contributed by atoms with E-state index < -0.39 is 0 Å². The number of aromatic nitrogens is 2. The zero-order valence-corrected chi connectivity index (χ0v) is 10.8. The van der Waals surface area contributed by atoms with Crippen LogP contribution in [0.1, 0.15) is 39.5 Å². The zero-order chi connectivity index (χ0) is 12.1. The van der Waals surface area contributed by atoms with Crippen molar-refractivity contribution in [2.75, 3.05) is 25.0 Å². The number of hydrogen-bond acceptors (Lipinski definition) is 5. The van der Waals surface area contributed by atoms with Crippen molar-refractivity contribution in [1.82, 2.24) is 15.5 Å². The molecule has 0 spiro atoms. The molecule has 1 rings (SSSR count). The lowest BCUT2D eigenvalue weighted by Gasteiger charge is -2.16. The van der Waals surface area contributed by atoms with Crippen LogP contribution in [-0.4, -0.2) is 36.3 Å². The fraction of sp³-hybridized carbons (Fsp3) is 0.818. The van der Waals surface area contributed by atoms with Crippen LogP contribution in [-0.2, 0) is 0 Å². The van der Waals surface area contributed by atoms with E-state index in [0.717, 1.165) is 13.1 Å². The van der Waals surface area contributed by atoms with Crippen LogP contribution >= 0.6 is 0 Å². The summed E-state index contributed by atoms with van der Waals surface area (Å²) < 4.78 is 5.27. The maximum Gasteiger partial charge on any atom is 0.265 e. The molecule has 0 bridgehead atoms. The highest BCUT2D eigenvalue weighted by Gasteiger charge is 2.20. The summed E-state index contributed by atoms with van der Waals surface area (Å²) in [5.74, 6) is 1.59. The highest BCUT2D eigenvalue weighted by Crippen LogP contribution is 2.19. The Balaban J connectivity index is 2.69. The molecule has 0 aromatic carbocycles. The van der Waals surface area contributed by atoms with Crippen LogP contribution in [0, 0.1) is 0 Å². The number of nitrogens with zero attached hydrogens (tertiary/aromatic N) is 3. The van der Waals surface area contributed by atoms with Gasteiger partial charge < -0.3 is 14.7 Å². The molecule has 0 amide bonds. The summed E-state index contributed by atoms with van der Waals surface area (Å²) in [6.07, 6.45) is 0. The summed E-state index contributed by atoms with van der Waals surface area (Å²) >= 11 is 0. The molecule has 1 aromatic heterocycles. The van der Waals surface area contributed by atoms with Crippen LogP contribution in [0.15, 0.2) is 4.52 Å². The summed E-state index contributed by atoms with van der Waals surface area (Å²) in [5, 5.41) is 7.32. The molecule has 1 heterocycles. The standard InChI is InChI=1S/C11H22N4O/c1-6-12-9(4)8(3)10-13-11(14-16-10)15(5)7-2/h8-9,12H,6-7H2,1-5H3. The third-order valence-electron chi connectivity index (χ3n) is 2.91. The first kappa shape index (κ1) is 13.0. The largest absolute Gasteiger partial charge is 0.342 e. The van der Waals surface area contributed by atoms with Gasteiger partial charge in [0, 0.05) is 19.6 Å². The van der Waals surface area contributed by atoms with Gasteiger partial charge in [0.2, 0.25) is 5.89 Å². The molecule has 0 fully saturated rings. The van der Waals surface area contributed by atoms with Crippen molar-refractivity contribution in [1.29, 1.82) is 0 Å². The molecule has 0 radical (unpaired) electrons. The van der Waals surface area contributed by atoms with E-state index in [1.54, 1.807) is 0 Å². The summed E-state index contributed by atoms with van der Waals surface area (Å²) in [4.78, 5) is 6.35. The van der Waals surface area contributed by atoms with Crippen molar-refractivity contribution in [3.8, 4) is 0 Å². The number of nitrogens with one attached hydrogen (secondary N) is 1. The maximum atomic E-state index is 5.27. The van der Waals surface area contributed by atoms with E-state index in [9.17, 15) is 0 Å². The minimum absolute atomic E-state index is 0.228. The predicted octanol–water partition coefficient (Wildman–Crippen LogP) is 1.63. The van der Waals surface area contributed by atoms with E-state index in [-0.39, 0.29) is 5.92 Å². The summed E-state index contributed by atoms with van der Waals surface area (Å²) in [5.41, 5.74) is 0. The zero-order valence-electron chi connectivity index (χ0n) is 10.8. The molecule has 0 saturated heterocycles. The van der Waals surface area contributed by atoms with Gasteiger partial charge in [-0.25, -0.2) is 0 Å². The third kappa shape index (κ3) is 2.95. The molecule has 0 aliphatic rings. The quantitative estimate of drug-likeness (QED) is 0.799. The van der Waals surface area contributed by atoms with Crippen LogP contribution in [0.3, 0.4) is 0 Å². The van der Waals surface area contributed by atoms with Gasteiger partial charge in [-0.1, -0.05) is 13.8 Å². The first-order valence-electron chi connectivity index (χ1n) is 5.88. The van der Waals surface area contributed by atoms with Gasteiger partial charge in [0.05, 0.1) is 5.92 Å². The lowest BCUT2D eigenvalue weighted by molar-refractivity contribution is 0.332. The van der Waals surface area contributed by atoms with Crippen LogP contribution < -0.4 is 10.2 Å². The third-order valence-corrected chi connectivity index (χ3v) is 2.91. The smallest absolute Gasteiger partial charge is 0.265 e. The Morgan fingerprint density at radius 1 is 1.38 bits per heavy atom. The van der Waals surface area contributed by atoms with Gasteiger partial charge in [-0.05, 0) is 25.5 Å². The average molecular weight is 226 g/mol. The van der Waals surface area contributed by atoms with Crippen molar-refractivity contribution in [3.05, 3.63) is 5.89 Å². The van der Waals surface area contributed by atoms with E-state index in [4.69, 9.17) is 4.52 Å². The molecule has 5 heteroatoms. The van der Waals surface area contributed by atoms with Gasteiger partial charge in [0.15, 0.2) is 0 Å². The number of hydrogen-bond donors (Lipinski definition) is 1. The van der Waals surface area contributed by atoms with Crippen molar-refractivity contribution in [3.63, 3.8) is 0 Å². The minimum Gasteiger partial charge on any atom is -0.342 e. The Kier molecular flexibility index (Phi) is 4.73. The number of rotatable bonds is 6. The molecule has 0 aliphatic heterocycles. The molecule has 2 atom stereocenters. The van der Waals surface area contributed by atoms with Crippen molar-refractivity contribution in [2.45, 2.75) is 39.7 Å². The van der Waals surface area contributed by atoms with Gasteiger partial charge in [0.25, 0.3) is 5.95 Å². The topological polar surface area (TPSA) is 54.2 Å². The van der Waals surface area contributed by atoms with Gasteiger partial charge in [-0.2, -0.15) is 4.98 Å². The Bertz CT molecular complexity index is 313. The normalized spacial score (nSPS) is 14.8. The van der Waals surface area contributed by atoms with E-state index in [1.807, 2.05) is 11.9 Å². The lowest BCUT2D eigenvalue weighted by Crippen LogP contribution is -2.30. The van der Waals surface area contributed by atoms with Crippen LogP contribution in [0.2, 0.25) is 0 Å². The van der Waals surface area contributed by atoms with E-state index in [0.29, 0.717) is 17.9 Å². The van der Waals surface area contributed by atoms with Gasteiger partial charge >= 0.3 is 0 Å². The highest BCUT2D eigenvalue weighted by atomic mass is 16.5. The Morgan fingerprint density at radius 3 is 2.62 bits per heavy atom. The number of anilines is 1. The molecule has 1 aromatic rings. The van der Waals surface area contributed by atoms with E-state index >= 15 is 0 Å². The second kappa shape index (κ2) is 5.84. The summed E-state index contributed by atoms with van der Waals surface area (Å²) in [7, 11) is 1.95. The Labute approximate surface area is 97.2 Å². The molecule has 0 saturated carbocycles. The van der Waals surface area contributed by atoms with Crippen LogP contribution in [0.25, 0.3) is 0 Å². The monoisotopic (exact) mass is 226 g/mol. The fourth-order valence-electron chi connectivity index (χ4n) is 1.42. The second-order valence-electron chi connectivity index (χ2n) is 4.08. The lowest BCUT2D eigenvalue weighted by atomic mass is 10.0. The van der Waals surface area contributed by atoms with Crippen molar-refractivity contribution in [2.24, 2.45) is 0 Å². The minimum atomic E-state index is 0.228. The predicted molar refractivity (Wildman–Crippen MR) is 64.8 cm³/mol. The molecule has 16 heavy (non-hydrogen) atoms. The van der Waals surface area contributed by atoms with Crippen LogP contribution in [0.5, 0.6) is 0 Å². The second-order valence-corrected chi connectivity index (χ2v) is 4.08. The van der Waals surface area contributed by atoms with E-state index in [1.165, 1.54) is 0 Å². The van der Waals surface area contributed by atoms with Crippen molar-refractivity contribution >= 4 is 5.95 Å². The molecule has 1 N–H and O–H groups in total. The molecule has 0 aliphatic carbocycles. The summed E-state index contributed by atoms with van der Waals surface area (Å²) in [6.45, 7) is 10.2. The van der Waals surface area contributed by atoms with Gasteiger partial charge in [0.1, 0.15) is 0 Å². The summed E-state index contributed by atoms with van der Waals surface area (Å²) in [6, 6.07) is 0.338. The Hall–Kier alpha value is -1.10. The SMILES string of the molecule is CCNC(C)C(C)c1nc(N(C)CC)no1. The first-order valence-corrected chi connectivity index (χ1v) is 5.88. The van der Waals surface area contributed by atoms with Crippen molar-refractivity contribution < 1.29 is 4.52 Å². The maximum absolute atomic E-state index is 5.27. The molecule has 92 valence electrons. The average Bonchev–Trinajstić information content (AvgIpc) is 2.76. The Morgan fingerprint density at radius 2 is 2.06 bits per heavy atom. The van der Waals surface area contributed by atoms with Crippen LogP contribution in [0.4, 0.5) is 5.95 Å². The fourth-order valence-corrected chi connectivity index (χ4v) is 1.42. The molecular formula is C11H22N4O. The number of likely N-dealkylation sites (N-methyl/N-ethyl adjacent to an activating group) is 1. The van der Waals surface area contributed by atoms with Gasteiger partial charge in [-0.3, -0.25) is 0 Å².